The van der Waals surface area contributed by atoms with Gasteiger partial charge in [0.2, 0.25) is 0 Å². The normalized spacial score (nSPS) is 11.9. The maximum absolute atomic E-state index is 7.23. The SMILES string of the molecule is CCOc1ccc(OCC(C)C(=N)N)cc1. The van der Waals surface area contributed by atoms with Crippen LogP contribution in [0.2, 0.25) is 0 Å². The van der Waals surface area contributed by atoms with Crippen molar-refractivity contribution in [1.82, 2.24) is 0 Å². The van der Waals surface area contributed by atoms with Crippen molar-refractivity contribution < 1.29 is 9.47 Å². The standard InChI is InChI=1S/C12H18N2O2/c1-3-15-10-4-6-11(7-5-10)16-8-9(2)12(13)14/h4-7,9H,3,8H2,1-2H3,(H3,13,14). The van der Waals surface area contributed by atoms with Gasteiger partial charge in [0.1, 0.15) is 11.5 Å². The van der Waals surface area contributed by atoms with Gasteiger partial charge in [-0.1, -0.05) is 6.92 Å². The van der Waals surface area contributed by atoms with Crippen molar-refractivity contribution in [1.29, 1.82) is 5.41 Å². The van der Waals surface area contributed by atoms with Crippen LogP contribution in [0.1, 0.15) is 13.8 Å². The summed E-state index contributed by atoms with van der Waals surface area (Å²) in [6.07, 6.45) is 0. The summed E-state index contributed by atoms with van der Waals surface area (Å²) in [5.41, 5.74) is 5.35. The van der Waals surface area contributed by atoms with Gasteiger partial charge in [0.05, 0.1) is 19.0 Å². The number of rotatable bonds is 6. The van der Waals surface area contributed by atoms with Crippen LogP contribution in [0.25, 0.3) is 0 Å². The number of nitrogens with one attached hydrogen (secondary N) is 1. The molecule has 0 aliphatic heterocycles. The Morgan fingerprint density at radius 2 is 1.75 bits per heavy atom. The Morgan fingerprint density at radius 1 is 1.25 bits per heavy atom. The number of amidine groups is 1. The zero-order valence-corrected chi connectivity index (χ0v) is 9.69. The van der Waals surface area contributed by atoms with E-state index in [4.69, 9.17) is 20.6 Å². The Bertz CT molecular complexity index is 335. The predicted molar refractivity (Wildman–Crippen MR) is 64.2 cm³/mol. The summed E-state index contributed by atoms with van der Waals surface area (Å²) in [6.45, 7) is 4.88. The van der Waals surface area contributed by atoms with Gasteiger partial charge in [-0.2, -0.15) is 0 Å². The molecule has 3 N–H and O–H groups in total. The van der Waals surface area contributed by atoms with Gasteiger partial charge in [0.15, 0.2) is 0 Å². The fourth-order valence-electron chi connectivity index (χ4n) is 1.11. The van der Waals surface area contributed by atoms with Crippen LogP contribution in [-0.2, 0) is 0 Å². The fraction of sp³-hybridized carbons (Fsp3) is 0.417. The average Bonchev–Trinajstić information content (AvgIpc) is 2.28. The Balaban J connectivity index is 2.46. The van der Waals surface area contributed by atoms with E-state index in [2.05, 4.69) is 0 Å². The van der Waals surface area contributed by atoms with Crippen molar-refractivity contribution in [3.63, 3.8) is 0 Å². The zero-order valence-electron chi connectivity index (χ0n) is 9.69. The van der Waals surface area contributed by atoms with Crippen LogP contribution >= 0.6 is 0 Å². The summed E-state index contributed by atoms with van der Waals surface area (Å²) in [5.74, 6) is 1.67. The molecule has 16 heavy (non-hydrogen) atoms. The Hall–Kier alpha value is -1.71. The lowest BCUT2D eigenvalue weighted by Gasteiger charge is -2.11. The fourth-order valence-corrected chi connectivity index (χ4v) is 1.11. The molecule has 0 saturated heterocycles. The average molecular weight is 222 g/mol. The van der Waals surface area contributed by atoms with Crippen molar-refractivity contribution in [2.24, 2.45) is 11.7 Å². The number of hydrogen-bond acceptors (Lipinski definition) is 3. The molecule has 4 nitrogen and oxygen atoms in total. The molecule has 0 fully saturated rings. The summed E-state index contributed by atoms with van der Waals surface area (Å²) in [4.78, 5) is 0. The van der Waals surface area contributed by atoms with Gasteiger partial charge >= 0.3 is 0 Å². The van der Waals surface area contributed by atoms with Gasteiger partial charge in [0.25, 0.3) is 0 Å². The number of ether oxygens (including phenoxy) is 2. The number of nitrogens with two attached hydrogens (primary N) is 1. The van der Waals surface area contributed by atoms with Crippen molar-refractivity contribution in [2.45, 2.75) is 13.8 Å². The third-order valence-corrected chi connectivity index (χ3v) is 2.17. The zero-order chi connectivity index (χ0) is 12.0. The highest BCUT2D eigenvalue weighted by Crippen LogP contribution is 2.17. The molecule has 0 radical (unpaired) electrons. The molecular formula is C12H18N2O2. The molecule has 1 rings (SSSR count). The van der Waals surface area contributed by atoms with Crippen LogP contribution in [0.4, 0.5) is 0 Å². The molecule has 0 aromatic heterocycles. The first-order valence-electron chi connectivity index (χ1n) is 5.33. The van der Waals surface area contributed by atoms with Crippen molar-refractivity contribution in [3.8, 4) is 11.5 Å². The van der Waals surface area contributed by atoms with Gasteiger partial charge in [-0.15, -0.1) is 0 Å². The molecule has 0 aliphatic carbocycles. The van der Waals surface area contributed by atoms with E-state index in [9.17, 15) is 0 Å². The van der Waals surface area contributed by atoms with E-state index < -0.39 is 0 Å². The molecule has 0 aliphatic rings. The largest absolute Gasteiger partial charge is 0.494 e. The van der Waals surface area contributed by atoms with Crippen LogP contribution in [0, 0.1) is 11.3 Å². The first-order valence-corrected chi connectivity index (χ1v) is 5.33. The van der Waals surface area contributed by atoms with E-state index >= 15 is 0 Å². The second-order valence-electron chi connectivity index (χ2n) is 3.57. The second-order valence-corrected chi connectivity index (χ2v) is 3.57. The van der Waals surface area contributed by atoms with Crippen LogP contribution in [0.15, 0.2) is 24.3 Å². The molecule has 88 valence electrons. The van der Waals surface area contributed by atoms with Crippen molar-refractivity contribution >= 4 is 5.84 Å². The Kier molecular flexibility index (Phi) is 4.64. The van der Waals surface area contributed by atoms with Gasteiger partial charge in [-0.3, -0.25) is 5.41 Å². The van der Waals surface area contributed by atoms with Crippen LogP contribution < -0.4 is 15.2 Å². The van der Waals surface area contributed by atoms with E-state index in [1.54, 1.807) is 0 Å². The minimum Gasteiger partial charge on any atom is -0.494 e. The predicted octanol–water partition coefficient (Wildman–Crippen LogP) is 2.04. The minimum atomic E-state index is -0.0634. The van der Waals surface area contributed by atoms with E-state index in [0.29, 0.717) is 13.2 Å². The molecule has 0 saturated carbocycles. The van der Waals surface area contributed by atoms with E-state index in [0.717, 1.165) is 11.5 Å². The first-order chi connectivity index (χ1) is 7.63. The summed E-state index contributed by atoms with van der Waals surface area (Å²) < 4.78 is 10.8. The smallest absolute Gasteiger partial charge is 0.119 e. The monoisotopic (exact) mass is 222 g/mol. The molecule has 1 aromatic rings. The second kappa shape index (κ2) is 6.00. The topological polar surface area (TPSA) is 68.3 Å². The molecule has 1 atom stereocenters. The van der Waals surface area contributed by atoms with Crippen LogP contribution in [0.5, 0.6) is 11.5 Å². The number of hydrogen-bond donors (Lipinski definition) is 2. The van der Waals surface area contributed by atoms with Gasteiger partial charge in [0, 0.05) is 5.92 Å². The highest BCUT2D eigenvalue weighted by atomic mass is 16.5. The summed E-state index contributed by atoms with van der Waals surface area (Å²) in [6, 6.07) is 7.41. The molecule has 1 aromatic carbocycles. The van der Waals surface area contributed by atoms with E-state index in [1.807, 2.05) is 38.1 Å². The summed E-state index contributed by atoms with van der Waals surface area (Å²) in [7, 11) is 0. The van der Waals surface area contributed by atoms with Crippen molar-refractivity contribution in [3.05, 3.63) is 24.3 Å². The maximum Gasteiger partial charge on any atom is 0.119 e. The molecular weight excluding hydrogens is 204 g/mol. The number of benzene rings is 1. The van der Waals surface area contributed by atoms with Gasteiger partial charge in [-0.05, 0) is 31.2 Å². The van der Waals surface area contributed by atoms with Crippen LogP contribution in [0.3, 0.4) is 0 Å². The summed E-state index contributed by atoms with van der Waals surface area (Å²) in [5, 5.41) is 7.23. The highest BCUT2D eigenvalue weighted by molar-refractivity contribution is 5.79. The lowest BCUT2D eigenvalue weighted by molar-refractivity contribution is 0.290. The molecule has 0 amide bonds. The Morgan fingerprint density at radius 3 is 2.19 bits per heavy atom. The lowest BCUT2D eigenvalue weighted by atomic mass is 10.2. The molecule has 0 spiro atoms. The van der Waals surface area contributed by atoms with Gasteiger partial charge in [-0.25, -0.2) is 0 Å². The van der Waals surface area contributed by atoms with Gasteiger partial charge < -0.3 is 15.2 Å². The quantitative estimate of drug-likeness (QED) is 0.571. The summed E-state index contributed by atoms with van der Waals surface area (Å²) >= 11 is 0. The lowest BCUT2D eigenvalue weighted by Crippen LogP contribution is -2.25. The third kappa shape index (κ3) is 3.81. The third-order valence-electron chi connectivity index (χ3n) is 2.17. The maximum atomic E-state index is 7.23. The first kappa shape index (κ1) is 12.4. The Labute approximate surface area is 95.9 Å². The molecule has 0 bridgehead atoms. The molecule has 0 heterocycles. The van der Waals surface area contributed by atoms with E-state index in [-0.39, 0.29) is 11.8 Å². The minimum absolute atomic E-state index is 0.0634. The van der Waals surface area contributed by atoms with E-state index in [1.165, 1.54) is 0 Å². The molecule has 4 heteroatoms. The van der Waals surface area contributed by atoms with Crippen LogP contribution in [-0.4, -0.2) is 19.0 Å². The highest BCUT2D eigenvalue weighted by Gasteiger charge is 2.05. The molecule has 1 unspecified atom stereocenters. The van der Waals surface area contributed by atoms with Crippen molar-refractivity contribution in [2.75, 3.05) is 13.2 Å².